The fourth-order valence-electron chi connectivity index (χ4n) is 0.801. The van der Waals surface area contributed by atoms with Crippen molar-refractivity contribution in [1.82, 2.24) is 4.98 Å². The molecule has 74 valence electrons. The number of hydrogen-bond acceptors (Lipinski definition) is 4. The third-order valence-corrected chi connectivity index (χ3v) is 2.61. The molecule has 1 unspecified atom stereocenters. The molecule has 0 aliphatic carbocycles. The molecule has 0 aliphatic heterocycles. The molecule has 0 aromatic carbocycles. The Morgan fingerprint density at radius 3 is 2.77 bits per heavy atom. The average Bonchev–Trinajstić information content (AvgIpc) is 2.50. The van der Waals surface area contributed by atoms with Gasteiger partial charge in [-0.2, -0.15) is 0 Å². The van der Waals surface area contributed by atoms with Gasteiger partial charge in [-0.25, -0.2) is 4.98 Å². The molecule has 4 heteroatoms. The minimum atomic E-state index is -0.351. The highest BCUT2D eigenvalue weighted by molar-refractivity contribution is 7.13. The van der Waals surface area contributed by atoms with Crippen molar-refractivity contribution in [2.75, 3.05) is 11.9 Å². The summed E-state index contributed by atoms with van der Waals surface area (Å²) in [6.45, 7) is 6.60. The predicted molar refractivity (Wildman–Crippen MR) is 56.1 cm³/mol. The van der Waals surface area contributed by atoms with Crippen molar-refractivity contribution in [2.45, 2.75) is 26.9 Å². The van der Waals surface area contributed by atoms with E-state index in [2.05, 4.69) is 10.3 Å². The summed E-state index contributed by atoms with van der Waals surface area (Å²) in [6, 6.07) is 0. The standard InChI is InChI=1S/C9H16N2OS/c1-9(2,3)7(12)6-11-8-10-4-5-13-8/h4-5,7,12H,6H2,1-3H3,(H,10,11). The maximum Gasteiger partial charge on any atom is 0.182 e. The number of aliphatic hydroxyl groups excluding tert-OH is 1. The topological polar surface area (TPSA) is 45.1 Å². The van der Waals surface area contributed by atoms with Crippen molar-refractivity contribution in [3.05, 3.63) is 11.6 Å². The SMILES string of the molecule is CC(C)(C)C(O)CNc1nccs1. The van der Waals surface area contributed by atoms with Crippen molar-refractivity contribution < 1.29 is 5.11 Å². The molecule has 13 heavy (non-hydrogen) atoms. The molecule has 1 aromatic heterocycles. The molecular weight excluding hydrogens is 184 g/mol. The second-order valence-corrected chi connectivity index (χ2v) is 4.99. The summed E-state index contributed by atoms with van der Waals surface area (Å²) >= 11 is 1.54. The Balaban J connectivity index is 2.35. The molecular formula is C9H16N2OS. The molecule has 1 heterocycles. The quantitative estimate of drug-likeness (QED) is 0.784. The van der Waals surface area contributed by atoms with Gasteiger partial charge in [0.1, 0.15) is 0 Å². The number of thiazole rings is 1. The number of nitrogens with one attached hydrogen (secondary N) is 1. The first-order valence-electron chi connectivity index (χ1n) is 4.31. The zero-order chi connectivity index (χ0) is 9.90. The Labute approximate surface area is 82.8 Å². The van der Waals surface area contributed by atoms with Crippen LogP contribution in [0.1, 0.15) is 20.8 Å². The number of rotatable bonds is 3. The maximum atomic E-state index is 9.70. The Kier molecular flexibility index (Phi) is 3.27. The van der Waals surface area contributed by atoms with Crippen LogP contribution < -0.4 is 5.32 Å². The van der Waals surface area contributed by atoms with E-state index in [9.17, 15) is 5.11 Å². The molecule has 2 N–H and O–H groups in total. The molecule has 0 spiro atoms. The van der Waals surface area contributed by atoms with Crippen LogP contribution in [-0.4, -0.2) is 22.7 Å². The first kappa shape index (κ1) is 10.5. The number of aliphatic hydroxyl groups is 1. The van der Waals surface area contributed by atoms with Gasteiger partial charge in [0.05, 0.1) is 6.10 Å². The van der Waals surface area contributed by atoms with E-state index in [-0.39, 0.29) is 11.5 Å². The van der Waals surface area contributed by atoms with Crippen LogP contribution in [0.3, 0.4) is 0 Å². The van der Waals surface area contributed by atoms with Crippen LogP contribution in [0.15, 0.2) is 11.6 Å². The summed E-state index contributed by atoms with van der Waals surface area (Å²) in [5, 5.41) is 15.6. The van der Waals surface area contributed by atoms with Crippen LogP contribution in [0.25, 0.3) is 0 Å². The van der Waals surface area contributed by atoms with Gasteiger partial charge in [-0.3, -0.25) is 0 Å². The summed E-state index contributed by atoms with van der Waals surface area (Å²) in [6.07, 6.45) is 1.40. The van der Waals surface area contributed by atoms with Crippen LogP contribution in [0.5, 0.6) is 0 Å². The number of nitrogens with zero attached hydrogens (tertiary/aromatic N) is 1. The van der Waals surface area contributed by atoms with Crippen LogP contribution in [0.2, 0.25) is 0 Å². The fourth-order valence-corrected chi connectivity index (χ4v) is 1.34. The van der Waals surface area contributed by atoms with E-state index in [0.717, 1.165) is 5.13 Å². The van der Waals surface area contributed by atoms with Gasteiger partial charge in [0.25, 0.3) is 0 Å². The van der Waals surface area contributed by atoms with Gasteiger partial charge >= 0.3 is 0 Å². The predicted octanol–water partition coefficient (Wildman–Crippen LogP) is 1.96. The summed E-state index contributed by atoms with van der Waals surface area (Å²) in [5.74, 6) is 0. The minimum Gasteiger partial charge on any atom is -0.391 e. The third-order valence-electron chi connectivity index (χ3n) is 1.88. The lowest BCUT2D eigenvalue weighted by molar-refractivity contribution is 0.0746. The fraction of sp³-hybridized carbons (Fsp3) is 0.667. The number of hydrogen-bond donors (Lipinski definition) is 2. The highest BCUT2D eigenvalue weighted by Crippen LogP contribution is 2.20. The van der Waals surface area contributed by atoms with Gasteiger partial charge in [0, 0.05) is 18.1 Å². The zero-order valence-corrected chi connectivity index (χ0v) is 9.06. The molecule has 0 saturated heterocycles. The molecule has 1 rings (SSSR count). The van der Waals surface area contributed by atoms with Gasteiger partial charge in [0.2, 0.25) is 0 Å². The van der Waals surface area contributed by atoms with Gasteiger partial charge in [-0.1, -0.05) is 20.8 Å². The van der Waals surface area contributed by atoms with E-state index in [1.807, 2.05) is 26.2 Å². The van der Waals surface area contributed by atoms with E-state index < -0.39 is 0 Å². The lowest BCUT2D eigenvalue weighted by atomic mass is 9.89. The number of anilines is 1. The van der Waals surface area contributed by atoms with Crippen LogP contribution in [0, 0.1) is 5.41 Å². The van der Waals surface area contributed by atoms with Crippen molar-refractivity contribution in [2.24, 2.45) is 5.41 Å². The van der Waals surface area contributed by atoms with Crippen LogP contribution in [0.4, 0.5) is 5.13 Å². The molecule has 0 amide bonds. The summed E-state index contributed by atoms with van der Waals surface area (Å²) in [4.78, 5) is 4.07. The molecule has 0 aliphatic rings. The van der Waals surface area contributed by atoms with E-state index in [1.54, 1.807) is 17.5 Å². The van der Waals surface area contributed by atoms with Crippen LogP contribution >= 0.6 is 11.3 Å². The Bertz CT molecular complexity index is 241. The largest absolute Gasteiger partial charge is 0.391 e. The highest BCUT2D eigenvalue weighted by atomic mass is 32.1. The Hall–Kier alpha value is -0.610. The second-order valence-electron chi connectivity index (χ2n) is 4.10. The van der Waals surface area contributed by atoms with Crippen molar-refractivity contribution >= 4 is 16.5 Å². The van der Waals surface area contributed by atoms with Gasteiger partial charge in [0.15, 0.2) is 5.13 Å². The lowest BCUT2D eigenvalue weighted by Gasteiger charge is -2.25. The van der Waals surface area contributed by atoms with E-state index in [0.29, 0.717) is 6.54 Å². The van der Waals surface area contributed by atoms with Crippen LogP contribution in [-0.2, 0) is 0 Å². The van der Waals surface area contributed by atoms with Crippen molar-refractivity contribution in [1.29, 1.82) is 0 Å². The first-order valence-corrected chi connectivity index (χ1v) is 5.19. The molecule has 0 radical (unpaired) electrons. The van der Waals surface area contributed by atoms with Crippen molar-refractivity contribution in [3.8, 4) is 0 Å². The zero-order valence-electron chi connectivity index (χ0n) is 8.24. The van der Waals surface area contributed by atoms with Crippen molar-refractivity contribution in [3.63, 3.8) is 0 Å². The average molecular weight is 200 g/mol. The minimum absolute atomic E-state index is 0.0791. The Morgan fingerprint density at radius 1 is 1.62 bits per heavy atom. The summed E-state index contributed by atoms with van der Waals surface area (Å²) in [7, 11) is 0. The van der Waals surface area contributed by atoms with Gasteiger partial charge in [-0.15, -0.1) is 11.3 Å². The monoisotopic (exact) mass is 200 g/mol. The summed E-state index contributed by atoms with van der Waals surface area (Å²) < 4.78 is 0. The van der Waals surface area contributed by atoms with E-state index in [1.165, 1.54) is 0 Å². The van der Waals surface area contributed by atoms with Gasteiger partial charge < -0.3 is 10.4 Å². The van der Waals surface area contributed by atoms with E-state index in [4.69, 9.17) is 0 Å². The smallest absolute Gasteiger partial charge is 0.182 e. The third kappa shape index (κ3) is 3.32. The number of aromatic nitrogens is 1. The van der Waals surface area contributed by atoms with E-state index >= 15 is 0 Å². The Morgan fingerprint density at radius 2 is 2.31 bits per heavy atom. The molecule has 1 aromatic rings. The molecule has 1 atom stereocenters. The second kappa shape index (κ2) is 4.07. The van der Waals surface area contributed by atoms with Gasteiger partial charge in [-0.05, 0) is 5.41 Å². The lowest BCUT2D eigenvalue weighted by Crippen LogP contribution is -2.32. The highest BCUT2D eigenvalue weighted by Gasteiger charge is 2.21. The molecule has 0 bridgehead atoms. The maximum absolute atomic E-state index is 9.70. The summed E-state index contributed by atoms with van der Waals surface area (Å²) in [5.41, 5.74) is -0.0791. The molecule has 0 fully saturated rings. The molecule has 3 nitrogen and oxygen atoms in total. The molecule has 0 saturated carbocycles. The normalized spacial score (nSPS) is 14.2. The first-order chi connectivity index (χ1) is 6.00.